The summed E-state index contributed by atoms with van der Waals surface area (Å²) in [6, 6.07) is 6.41. The topological polar surface area (TPSA) is 41.3 Å². The Bertz CT molecular complexity index is 938. The van der Waals surface area contributed by atoms with Crippen LogP contribution in [0.15, 0.2) is 36.7 Å². The van der Waals surface area contributed by atoms with E-state index in [0.717, 1.165) is 35.0 Å². The zero-order valence-electron chi connectivity index (χ0n) is 14.5. The highest BCUT2D eigenvalue weighted by Gasteiger charge is 2.24. The third-order valence-corrected chi connectivity index (χ3v) is 5.10. The van der Waals surface area contributed by atoms with E-state index in [1.165, 1.54) is 24.0 Å². The summed E-state index contributed by atoms with van der Waals surface area (Å²) >= 11 is 0. The summed E-state index contributed by atoms with van der Waals surface area (Å²) in [5.74, 6) is -0.574. The van der Waals surface area contributed by atoms with E-state index >= 15 is 0 Å². The maximum absolute atomic E-state index is 13.8. The first-order valence-corrected chi connectivity index (χ1v) is 8.88. The Morgan fingerprint density at radius 3 is 2.77 bits per heavy atom. The maximum atomic E-state index is 13.8. The van der Waals surface area contributed by atoms with E-state index in [1.807, 2.05) is 6.07 Å². The minimum Gasteiger partial charge on any atom is -0.395 e. The van der Waals surface area contributed by atoms with E-state index in [9.17, 15) is 13.9 Å². The van der Waals surface area contributed by atoms with Gasteiger partial charge in [0.25, 0.3) is 0 Å². The van der Waals surface area contributed by atoms with Crippen molar-refractivity contribution in [3.8, 4) is 0 Å². The van der Waals surface area contributed by atoms with Crippen LogP contribution in [0.1, 0.15) is 16.8 Å². The molecule has 136 valence electrons. The molecule has 0 saturated carbocycles. The molecule has 6 heteroatoms. The van der Waals surface area contributed by atoms with Crippen molar-refractivity contribution in [3.63, 3.8) is 0 Å². The van der Waals surface area contributed by atoms with Gasteiger partial charge in [-0.15, -0.1) is 0 Å². The highest BCUT2D eigenvalue weighted by atomic mass is 19.1. The molecule has 1 N–H and O–H groups in total. The normalized spacial score (nSPS) is 14.7. The smallest absolute Gasteiger partial charge is 0.141 e. The molecule has 0 radical (unpaired) electrons. The fourth-order valence-corrected chi connectivity index (χ4v) is 3.90. The number of aromatic nitrogens is 2. The van der Waals surface area contributed by atoms with Crippen LogP contribution in [-0.2, 0) is 25.9 Å². The molecular weight excluding hydrogens is 336 g/mol. The van der Waals surface area contributed by atoms with Crippen molar-refractivity contribution in [2.75, 3.05) is 19.7 Å². The van der Waals surface area contributed by atoms with Gasteiger partial charge in [-0.2, -0.15) is 0 Å². The molecule has 0 bridgehead atoms. The molecule has 0 unspecified atom stereocenters. The molecule has 2 aromatic heterocycles. The van der Waals surface area contributed by atoms with E-state index in [4.69, 9.17) is 0 Å². The number of nitrogens with zero attached hydrogens (tertiary/aromatic N) is 3. The number of rotatable bonds is 5. The van der Waals surface area contributed by atoms with Crippen LogP contribution < -0.4 is 0 Å². The number of halogens is 2. The van der Waals surface area contributed by atoms with Gasteiger partial charge in [-0.25, -0.2) is 8.78 Å². The molecule has 26 heavy (non-hydrogen) atoms. The fraction of sp³-hybridized carbons (Fsp3) is 0.350. The number of aliphatic hydroxyl groups is 1. The molecule has 1 aliphatic rings. The van der Waals surface area contributed by atoms with Gasteiger partial charge in [0.15, 0.2) is 0 Å². The molecule has 0 saturated heterocycles. The summed E-state index contributed by atoms with van der Waals surface area (Å²) in [5.41, 5.74) is 4.20. The third kappa shape index (κ3) is 3.22. The molecule has 0 atom stereocenters. The average molecular weight is 357 g/mol. The van der Waals surface area contributed by atoms with Gasteiger partial charge < -0.3 is 9.67 Å². The Morgan fingerprint density at radius 1 is 1.08 bits per heavy atom. The molecule has 1 aromatic carbocycles. The molecule has 3 aromatic rings. The average Bonchev–Trinajstić information content (AvgIpc) is 2.93. The number of fused-ring (bicyclic) bond motifs is 3. The van der Waals surface area contributed by atoms with Crippen molar-refractivity contribution >= 4 is 10.9 Å². The van der Waals surface area contributed by atoms with E-state index < -0.39 is 0 Å². The molecule has 1 aliphatic heterocycles. The van der Waals surface area contributed by atoms with Crippen LogP contribution in [0, 0.1) is 11.6 Å². The van der Waals surface area contributed by atoms with E-state index in [-0.39, 0.29) is 18.2 Å². The summed E-state index contributed by atoms with van der Waals surface area (Å²) < 4.78 is 29.5. The second kappa shape index (κ2) is 7.13. The van der Waals surface area contributed by atoms with E-state index in [2.05, 4.69) is 14.5 Å². The van der Waals surface area contributed by atoms with Crippen molar-refractivity contribution in [1.82, 2.24) is 14.5 Å². The number of hydrogen-bond donors (Lipinski definition) is 1. The van der Waals surface area contributed by atoms with Crippen LogP contribution in [0.4, 0.5) is 8.78 Å². The lowest BCUT2D eigenvalue weighted by Crippen LogP contribution is -2.33. The number of aliphatic hydroxyl groups excluding tert-OH is 1. The van der Waals surface area contributed by atoms with E-state index in [1.54, 1.807) is 12.3 Å². The number of aryl methyl sites for hydroxylation is 2. The number of β-amino-alcohol motifs (C(OH)–C–C–N with tert-alkyl or cyclic N) is 1. The minimum absolute atomic E-state index is 0.120. The lowest BCUT2D eigenvalue weighted by atomic mass is 10.0. The van der Waals surface area contributed by atoms with Crippen LogP contribution in [0.2, 0.25) is 0 Å². The molecule has 4 nitrogen and oxygen atoms in total. The predicted molar refractivity (Wildman–Crippen MR) is 95.9 cm³/mol. The Morgan fingerprint density at radius 2 is 1.96 bits per heavy atom. The first kappa shape index (κ1) is 17.1. The molecule has 0 fully saturated rings. The van der Waals surface area contributed by atoms with E-state index in [0.29, 0.717) is 26.1 Å². The molecule has 4 rings (SSSR count). The molecule has 3 heterocycles. The van der Waals surface area contributed by atoms with Crippen LogP contribution in [0.3, 0.4) is 0 Å². The maximum Gasteiger partial charge on any atom is 0.141 e. The van der Waals surface area contributed by atoms with Gasteiger partial charge in [0.05, 0.1) is 12.8 Å². The summed E-state index contributed by atoms with van der Waals surface area (Å²) in [4.78, 5) is 6.10. The summed E-state index contributed by atoms with van der Waals surface area (Å²) in [7, 11) is 0. The second-order valence-electron chi connectivity index (χ2n) is 6.75. The van der Waals surface area contributed by atoms with Crippen LogP contribution in [0.25, 0.3) is 10.9 Å². The predicted octanol–water partition coefficient (Wildman–Crippen LogP) is 2.91. The van der Waals surface area contributed by atoms with Gasteiger partial charge in [0.1, 0.15) is 11.6 Å². The highest BCUT2D eigenvalue weighted by Crippen LogP contribution is 2.31. The molecular formula is C20H21F2N3O. The summed E-state index contributed by atoms with van der Waals surface area (Å²) in [5, 5.41) is 10.1. The van der Waals surface area contributed by atoms with Crippen LogP contribution in [0.5, 0.6) is 0 Å². The standard InChI is InChI=1S/C20H21F2N3O/c21-15-1-2-19-17(10-15)18-13-24(7-8-26)5-4-20(18)25(19)6-3-14-9-16(22)12-23-11-14/h1-2,9-12,26H,3-8,13H2. The van der Waals surface area contributed by atoms with Crippen molar-refractivity contribution in [2.45, 2.75) is 25.9 Å². The monoisotopic (exact) mass is 357 g/mol. The van der Waals surface area contributed by atoms with Gasteiger partial charge in [0.2, 0.25) is 0 Å². The Hall–Kier alpha value is -2.31. The number of pyridine rings is 1. The first-order valence-electron chi connectivity index (χ1n) is 8.88. The second-order valence-corrected chi connectivity index (χ2v) is 6.75. The van der Waals surface area contributed by atoms with Crippen LogP contribution in [-0.4, -0.2) is 39.3 Å². The lowest BCUT2D eigenvalue weighted by molar-refractivity contribution is 0.183. The molecule has 0 aliphatic carbocycles. The molecule has 0 spiro atoms. The Balaban J connectivity index is 1.70. The Kier molecular flexibility index (Phi) is 4.70. The number of benzene rings is 1. The summed E-state index contributed by atoms with van der Waals surface area (Å²) in [6.07, 6.45) is 4.41. The van der Waals surface area contributed by atoms with Gasteiger partial charge in [-0.05, 0) is 41.8 Å². The highest BCUT2D eigenvalue weighted by molar-refractivity contribution is 5.86. The largest absolute Gasteiger partial charge is 0.395 e. The lowest BCUT2D eigenvalue weighted by Gasteiger charge is -2.27. The quantitative estimate of drug-likeness (QED) is 0.763. The fourth-order valence-electron chi connectivity index (χ4n) is 3.90. The van der Waals surface area contributed by atoms with Gasteiger partial charge in [0, 0.05) is 55.4 Å². The molecule has 0 amide bonds. The first-order chi connectivity index (χ1) is 12.7. The van der Waals surface area contributed by atoms with Crippen molar-refractivity contribution in [2.24, 2.45) is 0 Å². The number of hydrogen-bond acceptors (Lipinski definition) is 3. The minimum atomic E-state index is -0.330. The summed E-state index contributed by atoms with van der Waals surface area (Å²) in [6.45, 7) is 3.02. The Labute approximate surface area is 150 Å². The van der Waals surface area contributed by atoms with Gasteiger partial charge in [-0.1, -0.05) is 0 Å². The van der Waals surface area contributed by atoms with Crippen molar-refractivity contribution in [1.29, 1.82) is 0 Å². The SMILES string of the molecule is OCCN1CCc2c(c3cc(F)ccc3n2CCc2cncc(F)c2)C1. The van der Waals surface area contributed by atoms with Crippen molar-refractivity contribution < 1.29 is 13.9 Å². The van der Waals surface area contributed by atoms with Gasteiger partial charge in [-0.3, -0.25) is 9.88 Å². The van der Waals surface area contributed by atoms with Crippen molar-refractivity contribution in [3.05, 3.63) is 65.1 Å². The zero-order valence-corrected chi connectivity index (χ0v) is 14.5. The third-order valence-electron chi connectivity index (χ3n) is 5.10. The zero-order chi connectivity index (χ0) is 18.1. The van der Waals surface area contributed by atoms with Gasteiger partial charge >= 0.3 is 0 Å². The van der Waals surface area contributed by atoms with Crippen LogP contribution >= 0.6 is 0 Å².